The van der Waals surface area contributed by atoms with Crippen LogP contribution in [0.5, 0.6) is 0 Å². The van der Waals surface area contributed by atoms with Crippen molar-refractivity contribution in [1.29, 1.82) is 0 Å². The van der Waals surface area contributed by atoms with E-state index in [1.54, 1.807) is 0 Å². The molecule has 0 aromatic heterocycles. The minimum absolute atomic E-state index is 0.171. The summed E-state index contributed by atoms with van der Waals surface area (Å²) in [5.74, 6) is -2.07. The Kier molecular flexibility index (Phi) is 63.6. The highest BCUT2D eigenvalue weighted by Gasteiger charge is 2.25. The van der Waals surface area contributed by atoms with Crippen molar-refractivity contribution in [3.05, 3.63) is 194 Å². The zero-order valence-corrected chi connectivity index (χ0v) is 56.8. The molecule has 0 aliphatic carbocycles. The van der Waals surface area contributed by atoms with E-state index in [1.165, 1.54) is 38.5 Å². The molecule has 0 aliphatic heterocycles. The summed E-state index contributed by atoms with van der Waals surface area (Å²) in [6.45, 7) is 4.59. The maximum Gasteiger partial charge on any atom is 0.361 e. The van der Waals surface area contributed by atoms with Gasteiger partial charge < -0.3 is 28.5 Å². The Morgan fingerprint density at radius 3 is 0.899 bits per heavy atom. The summed E-state index contributed by atoms with van der Waals surface area (Å²) in [7, 11) is 5.95. The van der Waals surface area contributed by atoms with Crippen molar-refractivity contribution in [2.45, 2.75) is 245 Å². The van der Waals surface area contributed by atoms with Gasteiger partial charge in [0.15, 0.2) is 6.10 Å². The molecule has 0 radical (unpaired) electrons. The van der Waals surface area contributed by atoms with Crippen molar-refractivity contribution < 1.29 is 42.9 Å². The molecule has 0 saturated carbocycles. The van der Waals surface area contributed by atoms with Gasteiger partial charge in [-0.3, -0.25) is 9.59 Å². The molecule has 0 rings (SSSR count). The third-order valence-corrected chi connectivity index (χ3v) is 13.8. The van der Waals surface area contributed by atoms with Crippen LogP contribution in [0, 0.1) is 0 Å². The van der Waals surface area contributed by atoms with Crippen LogP contribution in [0.4, 0.5) is 0 Å². The molecular weight excluding hydrogens is 1100 g/mol. The van der Waals surface area contributed by atoms with Gasteiger partial charge in [-0.15, -0.1) is 0 Å². The van der Waals surface area contributed by atoms with Crippen LogP contribution in [-0.2, 0) is 33.3 Å². The Labute approximate surface area is 544 Å². The van der Waals surface area contributed by atoms with Crippen molar-refractivity contribution in [3.63, 3.8) is 0 Å². The summed E-state index contributed by atoms with van der Waals surface area (Å²) in [5.41, 5.74) is 0. The third-order valence-electron chi connectivity index (χ3n) is 13.8. The van der Waals surface area contributed by atoms with Gasteiger partial charge in [-0.05, 0) is 141 Å². The number of nitrogens with zero attached hydrogens (tertiary/aromatic N) is 1. The van der Waals surface area contributed by atoms with Crippen molar-refractivity contribution in [3.8, 4) is 0 Å². The van der Waals surface area contributed by atoms with Crippen LogP contribution in [-0.4, -0.2) is 87.4 Å². The van der Waals surface area contributed by atoms with Crippen LogP contribution in [0.15, 0.2) is 194 Å². The number of unbranched alkanes of at least 4 members (excludes halogenated alkanes) is 14. The minimum atomic E-state index is -1.53. The third kappa shape index (κ3) is 69.5. The van der Waals surface area contributed by atoms with E-state index in [1.807, 2.05) is 21.1 Å². The zero-order valence-electron chi connectivity index (χ0n) is 56.8. The highest BCUT2D eigenvalue weighted by atomic mass is 16.7. The first-order valence-corrected chi connectivity index (χ1v) is 34.6. The van der Waals surface area contributed by atoms with E-state index in [0.717, 1.165) is 154 Å². The van der Waals surface area contributed by atoms with E-state index in [9.17, 15) is 19.5 Å². The quantitative estimate of drug-likeness (QED) is 0.0211. The van der Waals surface area contributed by atoms with Crippen LogP contribution >= 0.6 is 0 Å². The zero-order chi connectivity index (χ0) is 64.7. The topological polar surface area (TPSA) is 108 Å². The lowest BCUT2D eigenvalue weighted by Gasteiger charge is -2.25. The molecule has 9 nitrogen and oxygen atoms in total. The Bertz CT molecular complexity index is 2160. The fourth-order valence-corrected chi connectivity index (χ4v) is 8.63. The SMILES string of the molecule is CC/C=C\C/C=C\C/C=C\C/C=C\C/C=C\C/C=C\C/C=C\C/C=C\CCCCCCCCCCCCC(=O)OC(COC(=O)CCCCCC/C=C\C/C=C\C/C=C\C/C=C\C/C=C\C/C=C\C/C=C\C/C=C\CC)COC(OCC[N+](C)(C)C)C(=O)O. The molecule has 0 fully saturated rings. The van der Waals surface area contributed by atoms with Crippen molar-refractivity contribution >= 4 is 17.9 Å². The summed E-state index contributed by atoms with van der Waals surface area (Å²) in [4.78, 5) is 37.6. The maximum absolute atomic E-state index is 12.9. The smallest absolute Gasteiger partial charge is 0.361 e. The number of esters is 2. The molecule has 0 aromatic rings. The molecule has 498 valence electrons. The van der Waals surface area contributed by atoms with Gasteiger partial charge in [-0.2, -0.15) is 0 Å². The summed E-state index contributed by atoms with van der Waals surface area (Å²) in [6, 6.07) is 0. The fourth-order valence-electron chi connectivity index (χ4n) is 8.63. The highest BCUT2D eigenvalue weighted by molar-refractivity contribution is 5.71. The molecule has 0 aromatic carbocycles. The first kappa shape index (κ1) is 83.1. The molecule has 89 heavy (non-hydrogen) atoms. The number of carbonyl (C=O) groups is 3. The number of rotatable bonds is 61. The number of aliphatic carboxylic acids is 1. The van der Waals surface area contributed by atoms with E-state index in [-0.39, 0.29) is 38.6 Å². The van der Waals surface area contributed by atoms with Gasteiger partial charge >= 0.3 is 17.9 Å². The molecule has 0 aliphatic rings. The predicted octanol–water partition coefficient (Wildman–Crippen LogP) is 21.8. The number of hydrogen-bond donors (Lipinski definition) is 1. The van der Waals surface area contributed by atoms with Gasteiger partial charge in [-0.25, -0.2) is 4.79 Å². The summed E-state index contributed by atoms with van der Waals surface area (Å²) in [6.07, 6.45) is 102. The van der Waals surface area contributed by atoms with E-state index >= 15 is 0 Å². The molecule has 1 N–H and O–H groups in total. The van der Waals surface area contributed by atoms with E-state index in [2.05, 4.69) is 208 Å². The van der Waals surface area contributed by atoms with Crippen LogP contribution in [0.25, 0.3) is 0 Å². The Morgan fingerprint density at radius 2 is 0.607 bits per heavy atom. The predicted molar refractivity (Wildman–Crippen MR) is 382 cm³/mol. The first-order valence-electron chi connectivity index (χ1n) is 34.6. The highest BCUT2D eigenvalue weighted by Crippen LogP contribution is 2.15. The summed E-state index contributed by atoms with van der Waals surface area (Å²) in [5, 5.41) is 9.75. The average molecular weight is 1230 g/mol. The van der Waals surface area contributed by atoms with Crippen LogP contribution in [0.3, 0.4) is 0 Å². The lowest BCUT2D eigenvalue weighted by molar-refractivity contribution is -0.870. The van der Waals surface area contributed by atoms with Gasteiger partial charge in [0.2, 0.25) is 0 Å². The minimum Gasteiger partial charge on any atom is -0.477 e. The number of carboxylic acid groups (broad SMARTS) is 1. The molecule has 2 unspecified atom stereocenters. The normalized spacial score (nSPS) is 13.9. The largest absolute Gasteiger partial charge is 0.477 e. The van der Waals surface area contributed by atoms with E-state index in [0.29, 0.717) is 23.9 Å². The standard InChI is InChI=1S/C80H125NO8/c1-6-8-10-12-14-16-18-20-22-24-26-28-30-32-34-36-37-38-39-40-41-43-45-47-49-51-53-55-57-59-61-63-65-67-69-71-78(83)89-76(75-88-80(79(84)85)86-73-72-81(3,4)5)74-87-77(82)70-68-66-64-62-60-58-56-54-52-50-48-46-44-42-35-33-31-29-27-25-23-21-19-17-15-13-11-9-7-2/h8-11,14-17,20-23,26-29,32-35,37-38,40-41,44-47,50,52,56,58,76,80H,6-7,12-13,18-19,24-25,30-31,36,39,42-43,48-49,51,53-55,57,59-75H2,1-5H3/p+1/b10-8-,11-9-,16-14-,17-15-,22-20-,23-21-,28-26-,29-27-,34-32-,35-33-,38-37-,41-40-,46-44-,47-45-,52-50-,58-56-. The van der Waals surface area contributed by atoms with Crippen molar-refractivity contribution in [1.82, 2.24) is 0 Å². The van der Waals surface area contributed by atoms with Crippen molar-refractivity contribution in [2.75, 3.05) is 47.5 Å². The molecule has 0 amide bonds. The van der Waals surface area contributed by atoms with Crippen LogP contribution in [0.1, 0.15) is 232 Å². The number of carboxylic acids is 1. The van der Waals surface area contributed by atoms with Gasteiger partial charge in [0.1, 0.15) is 13.2 Å². The van der Waals surface area contributed by atoms with Gasteiger partial charge in [0.25, 0.3) is 6.29 Å². The van der Waals surface area contributed by atoms with Crippen molar-refractivity contribution in [2.24, 2.45) is 0 Å². The fraction of sp³-hybridized carbons (Fsp3) is 0.562. The molecule has 9 heteroatoms. The lowest BCUT2D eigenvalue weighted by atomic mass is 10.0. The Hall–Kier alpha value is -5.87. The van der Waals surface area contributed by atoms with Gasteiger partial charge in [0.05, 0.1) is 34.4 Å². The Morgan fingerprint density at radius 1 is 0.337 bits per heavy atom. The molecule has 0 saturated heterocycles. The summed E-state index contributed by atoms with van der Waals surface area (Å²) < 4.78 is 22.9. The Balaban J connectivity index is 4.27. The van der Waals surface area contributed by atoms with Crippen LogP contribution < -0.4 is 0 Å². The number of ether oxygens (including phenoxy) is 4. The number of quaternary nitrogens is 1. The monoisotopic (exact) mass is 1230 g/mol. The second-order valence-corrected chi connectivity index (χ2v) is 23.4. The van der Waals surface area contributed by atoms with Crippen LogP contribution in [0.2, 0.25) is 0 Å². The average Bonchev–Trinajstić information content (AvgIpc) is 3.64. The van der Waals surface area contributed by atoms with Gasteiger partial charge in [-0.1, -0.05) is 272 Å². The molecule has 0 bridgehead atoms. The second kappa shape index (κ2) is 68.0. The lowest BCUT2D eigenvalue weighted by Crippen LogP contribution is -2.40. The maximum atomic E-state index is 12.9. The molecule has 0 heterocycles. The van der Waals surface area contributed by atoms with Gasteiger partial charge in [0, 0.05) is 12.8 Å². The second-order valence-electron chi connectivity index (χ2n) is 23.4. The molecule has 0 spiro atoms. The number of carbonyl (C=O) groups excluding carboxylic acids is 2. The van der Waals surface area contributed by atoms with E-state index in [4.69, 9.17) is 18.9 Å². The number of hydrogen-bond acceptors (Lipinski definition) is 7. The first-order chi connectivity index (χ1) is 43.6. The number of likely N-dealkylation sites (N-methyl/N-ethyl adjacent to an activating group) is 1. The number of allylic oxidation sites excluding steroid dienone is 32. The van der Waals surface area contributed by atoms with E-state index < -0.39 is 24.3 Å². The summed E-state index contributed by atoms with van der Waals surface area (Å²) >= 11 is 0. The molecular formula is C80H126NO8+. The molecule has 2 atom stereocenters.